The minimum Gasteiger partial charge on any atom is -0.378 e. The molecule has 3 aliphatic rings. The summed E-state index contributed by atoms with van der Waals surface area (Å²) in [6.45, 7) is 20.0. The Bertz CT molecular complexity index is 448. The highest BCUT2D eigenvalue weighted by Gasteiger charge is 2.14. The molecule has 0 spiro atoms. The van der Waals surface area contributed by atoms with E-state index in [1.807, 2.05) is 6.92 Å². The summed E-state index contributed by atoms with van der Waals surface area (Å²) in [7, 11) is 0. The highest BCUT2D eigenvalue weighted by Crippen LogP contribution is 2.27. The number of ether oxygens (including phenoxy) is 3. The second-order valence-electron chi connectivity index (χ2n) is 10.7. The second-order valence-corrected chi connectivity index (χ2v) is 10.7. The fourth-order valence-electron chi connectivity index (χ4n) is 3.77. The van der Waals surface area contributed by atoms with Gasteiger partial charge in [-0.05, 0) is 58.3 Å². The van der Waals surface area contributed by atoms with E-state index in [1.165, 1.54) is 49.7 Å². The lowest BCUT2D eigenvalue weighted by Crippen LogP contribution is -2.27. The van der Waals surface area contributed by atoms with Crippen LogP contribution in [-0.2, 0) is 14.2 Å². The standard InChI is InChI=1S/C8H16.C8H10.C7H14O.C6H12O2/c2*1-7-3-5-8(2)6-4-7;1-6-3-4-7(2)8-5-6;1-5-3-7-6(2)8-4-5/h7-8H,3-6H2,1-2H3;3-6H,1-2H3;6-7H,3-5H2,1-2H3;5-6H,3-4H2,1-2H3. The number of aryl methyl sites for hydroxylation is 2. The van der Waals surface area contributed by atoms with E-state index in [4.69, 9.17) is 14.2 Å². The topological polar surface area (TPSA) is 27.7 Å². The molecular formula is C29H52O3. The van der Waals surface area contributed by atoms with Crippen LogP contribution >= 0.6 is 0 Å². The van der Waals surface area contributed by atoms with Gasteiger partial charge in [-0.3, -0.25) is 0 Å². The summed E-state index contributed by atoms with van der Waals surface area (Å²) < 4.78 is 15.7. The first kappa shape index (κ1) is 29.1. The number of hydrogen-bond acceptors (Lipinski definition) is 3. The predicted octanol–water partition coefficient (Wildman–Crippen LogP) is 7.97. The number of rotatable bonds is 0. The molecule has 2 unspecified atom stereocenters. The Kier molecular flexibility index (Phi) is 15.2. The van der Waals surface area contributed by atoms with Crippen molar-refractivity contribution in [1.29, 1.82) is 0 Å². The van der Waals surface area contributed by atoms with Crippen LogP contribution in [-0.4, -0.2) is 32.2 Å². The average Bonchev–Trinajstić information content (AvgIpc) is 2.78. The van der Waals surface area contributed by atoms with Gasteiger partial charge >= 0.3 is 0 Å². The van der Waals surface area contributed by atoms with Crippen molar-refractivity contribution < 1.29 is 14.2 Å². The molecule has 186 valence electrons. The molecule has 0 bridgehead atoms. The first-order valence-electron chi connectivity index (χ1n) is 13.0. The van der Waals surface area contributed by atoms with E-state index in [9.17, 15) is 0 Å². The molecule has 3 heteroatoms. The lowest BCUT2D eigenvalue weighted by Gasteiger charge is -2.24. The summed E-state index contributed by atoms with van der Waals surface area (Å²) in [5.41, 5.74) is 2.66. The van der Waals surface area contributed by atoms with Crippen molar-refractivity contribution in [2.75, 3.05) is 19.8 Å². The normalized spacial score (nSPS) is 32.1. The minimum atomic E-state index is 0.0196. The van der Waals surface area contributed by atoms with Gasteiger partial charge in [-0.25, -0.2) is 0 Å². The molecule has 3 fully saturated rings. The first-order chi connectivity index (χ1) is 15.2. The molecule has 3 nitrogen and oxygen atoms in total. The summed E-state index contributed by atoms with van der Waals surface area (Å²) in [5, 5.41) is 0. The average molecular weight is 449 g/mol. The Labute approximate surface area is 199 Å². The Morgan fingerprint density at radius 3 is 1.19 bits per heavy atom. The molecule has 1 aliphatic carbocycles. The molecule has 1 aromatic rings. The van der Waals surface area contributed by atoms with Gasteiger partial charge in [0.2, 0.25) is 0 Å². The zero-order chi connectivity index (χ0) is 23.9. The van der Waals surface area contributed by atoms with Crippen molar-refractivity contribution in [2.45, 2.75) is 106 Å². The Hall–Kier alpha value is -0.900. The van der Waals surface area contributed by atoms with Crippen LogP contribution in [0.5, 0.6) is 0 Å². The first-order valence-corrected chi connectivity index (χ1v) is 13.0. The van der Waals surface area contributed by atoms with Crippen LogP contribution in [0.1, 0.15) is 91.2 Å². The molecule has 0 N–H and O–H groups in total. The molecule has 0 amide bonds. The van der Waals surface area contributed by atoms with Gasteiger partial charge in [0.15, 0.2) is 6.29 Å². The molecule has 2 heterocycles. The fraction of sp³-hybridized carbons (Fsp3) is 0.793. The predicted molar refractivity (Wildman–Crippen MR) is 137 cm³/mol. The van der Waals surface area contributed by atoms with Gasteiger partial charge in [0.1, 0.15) is 0 Å². The summed E-state index contributed by atoms with van der Waals surface area (Å²) >= 11 is 0. The Morgan fingerprint density at radius 2 is 0.875 bits per heavy atom. The van der Waals surface area contributed by atoms with Gasteiger partial charge in [0.25, 0.3) is 0 Å². The van der Waals surface area contributed by atoms with Crippen molar-refractivity contribution in [1.82, 2.24) is 0 Å². The van der Waals surface area contributed by atoms with Crippen LogP contribution in [0.4, 0.5) is 0 Å². The van der Waals surface area contributed by atoms with E-state index in [0.29, 0.717) is 12.0 Å². The highest BCUT2D eigenvalue weighted by atomic mass is 16.7. The third-order valence-electron chi connectivity index (χ3n) is 6.48. The van der Waals surface area contributed by atoms with Gasteiger partial charge in [-0.15, -0.1) is 0 Å². The Balaban J connectivity index is 0.000000213. The zero-order valence-electron chi connectivity index (χ0n) is 22.4. The van der Waals surface area contributed by atoms with E-state index in [1.54, 1.807) is 0 Å². The smallest absolute Gasteiger partial charge is 0.154 e. The Morgan fingerprint density at radius 1 is 0.500 bits per heavy atom. The monoisotopic (exact) mass is 448 g/mol. The van der Waals surface area contributed by atoms with Gasteiger partial charge in [-0.2, -0.15) is 0 Å². The quantitative estimate of drug-likeness (QED) is 0.403. The molecular weight excluding hydrogens is 396 g/mol. The molecule has 2 aliphatic heterocycles. The van der Waals surface area contributed by atoms with Gasteiger partial charge in [0, 0.05) is 12.5 Å². The maximum atomic E-state index is 5.39. The van der Waals surface area contributed by atoms with E-state index in [0.717, 1.165) is 37.6 Å². The van der Waals surface area contributed by atoms with Crippen LogP contribution in [0.3, 0.4) is 0 Å². The minimum absolute atomic E-state index is 0.0196. The maximum Gasteiger partial charge on any atom is 0.154 e. The SMILES string of the molecule is CC1CCC(C)CC1.CC1CCC(C)OC1.CC1COC(C)OC1.Cc1ccc(C)cc1. The van der Waals surface area contributed by atoms with Crippen LogP contribution in [0.2, 0.25) is 0 Å². The molecule has 1 aromatic carbocycles. The van der Waals surface area contributed by atoms with Gasteiger partial charge in [0.05, 0.1) is 19.3 Å². The van der Waals surface area contributed by atoms with Gasteiger partial charge in [-0.1, -0.05) is 88.8 Å². The van der Waals surface area contributed by atoms with E-state index in [2.05, 4.69) is 72.7 Å². The second kappa shape index (κ2) is 16.7. The van der Waals surface area contributed by atoms with E-state index in [-0.39, 0.29) is 6.29 Å². The zero-order valence-corrected chi connectivity index (χ0v) is 22.4. The van der Waals surface area contributed by atoms with Crippen LogP contribution in [0, 0.1) is 37.5 Å². The van der Waals surface area contributed by atoms with Crippen molar-refractivity contribution in [3.63, 3.8) is 0 Å². The maximum absolute atomic E-state index is 5.39. The van der Waals surface area contributed by atoms with Gasteiger partial charge < -0.3 is 14.2 Å². The highest BCUT2D eigenvalue weighted by molar-refractivity contribution is 5.19. The summed E-state index contributed by atoms with van der Waals surface area (Å²) in [5.74, 6) is 3.41. The molecule has 0 aromatic heterocycles. The summed E-state index contributed by atoms with van der Waals surface area (Å²) in [6, 6.07) is 8.48. The van der Waals surface area contributed by atoms with Crippen molar-refractivity contribution in [3.8, 4) is 0 Å². The third kappa shape index (κ3) is 15.0. The van der Waals surface area contributed by atoms with E-state index >= 15 is 0 Å². The van der Waals surface area contributed by atoms with Crippen LogP contribution in [0.25, 0.3) is 0 Å². The van der Waals surface area contributed by atoms with Crippen LogP contribution in [0.15, 0.2) is 24.3 Å². The lowest BCUT2D eigenvalue weighted by atomic mass is 9.84. The molecule has 1 saturated carbocycles. The molecule has 32 heavy (non-hydrogen) atoms. The molecule has 2 atom stereocenters. The van der Waals surface area contributed by atoms with Crippen LogP contribution < -0.4 is 0 Å². The summed E-state index contributed by atoms with van der Waals surface area (Å²) in [6.07, 6.45) is 9.03. The van der Waals surface area contributed by atoms with E-state index < -0.39 is 0 Å². The van der Waals surface area contributed by atoms with Crippen molar-refractivity contribution in [3.05, 3.63) is 35.4 Å². The van der Waals surface area contributed by atoms with Crippen molar-refractivity contribution in [2.24, 2.45) is 23.7 Å². The molecule has 2 saturated heterocycles. The largest absolute Gasteiger partial charge is 0.378 e. The van der Waals surface area contributed by atoms with Crippen molar-refractivity contribution >= 4 is 0 Å². The number of hydrogen-bond donors (Lipinski definition) is 0. The third-order valence-corrected chi connectivity index (χ3v) is 6.48. The molecule has 0 radical (unpaired) electrons. The summed E-state index contributed by atoms with van der Waals surface area (Å²) in [4.78, 5) is 0. The molecule has 4 rings (SSSR count). The fourth-order valence-corrected chi connectivity index (χ4v) is 3.77. The number of benzene rings is 1. The lowest BCUT2D eigenvalue weighted by molar-refractivity contribution is -0.187.